The number of aromatic nitrogens is 2. The number of aliphatic hydroxyl groups is 2. The molecule has 1 saturated heterocycles. The number of piperidine rings is 1. The maximum absolute atomic E-state index is 12.8. The summed E-state index contributed by atoms with van der Waals surface area (Å²) in [4.78, 5) is 18.1. The van der Waals surface area contributed by atoms with Crippen LogP contribution in [0.3, 0.4) is 0 Å². The van der Waals surface area contributed by atoms with Gasteiger partial charge in [-0.2, -0.15) is 0 Å². The molecule has 2 aliphatic rings. The van der Waals surface area contributed by atoms with Gasteiger partial charge >= 0.3 is 5.69 Å². The zero-order valence-electron chi connectivity index (χ0n) is 17.4. The number of benzene rings is 1. The Kier molecular flexibility index (Phi) is 6.42. The van der Waals surface area contributed by atoms with Gasteiger partial charge in [0.2, 0.25) is 0 Å². The Morgan fingerprint density at radius 2 is 1.69 bits per heavy atom. The first-order valence-electron chi connectivity index (χ1n) is 11.3. The first-order chi connectivity index (χ1) is 14.2. The fourth-order valence-corrected chi connectivity index (χ4v) is 5.63. The molecule has 6 nitrogen and oxygen atoms in total. The minimum Gasteiger partial charge on any atom is -0.396 e. The molecule has 1 aliphatic heterocycles. The van der Waals surface area contributed by atoms with E-state index in [4.69, 9.17) is 0 Å². The quantitative estimate of drug-likeness (QED) is 0.720. The fourth-order valence-electron chi connectivity index (χ4n) is 5.63. The van der Waals surface area contributed by atoms with E-state index in [1.165, 1.54) is 44.9 Å². The average Bonchev–Trinajstić information content (AvgIpc) is 3.05. The van der Waals surface area contributed by atoms with E-state index in [1.54, 1.807) is 4.57 Å². The van der Waals surface area contributed by atoms with Gasteiger partial charge in [0.15, 0.2) is 0 Å². The number of aliphatic hydroxyl groups excluding tert-OH is 2. The number of nitrogens with zero attached hydrogens (tertiary/aromatic N) is 2. The molecular formula is C23H35N3O3. The summed E-state index contributed by atoms with van der Waals surface area (Å²) in [6.45, 7) is 2.32. The molecule has 0 radical (unpaired) electrons. The highest BCUT2D eigenvalue weighted by molar-refractivity contribution is 5.75. The molecule has 1 aromatic carbocycles. The van der Waals surface area contributed by atoms with Crippen molar-refractivity contribution in [2.45, 2.75) is 57.4 Å². The second kappa shape index (κ2) is 9.02. The number of nitrogens with one attached hydrogen (secondary N) is 1. The van der Waals surface area contributed by atoms with Crippen molar-refractivity contribution in [2.24, 2.45) is 11.3 Å². The van der Waals surface area contributed by atoms with Crippen molar-refractivity contribution >= 4 is 11.0 Å². The van der Waals surface area contributed by atoms with Crippen LogP contribution in [0.4, 0.5) is 0 Å². The van der Waals surface area contributed by atoms with Gasteiger partial charge in [0.05, 0.1) is 35.7 Å². The third kappa shape index (κ3) is 4.16. The summed E-state index contributed by atoms with van der Waals surface area (Å²) in [5, 5.41) is 20.7. The number of hydrogen-bond donors (Lipinski definition) is 3. The number of rotatable bonds is 5. The van der Waals surface area contributed by atoms with E-state index >= 15 is 0 Å². The second-order valence-corrected chi connectivity index (χ2v) is 9.25. The molecular weight excluding hydrogens is 366 g/mol. The van der Waals surface area contributed by atoms with Crippen molar-refractivity contribution in [1.82, 2.24) is 14.5 Å². The highest BCUT2D eigenvalue weighted by atomic mass is 16.3. The molecule has 2 fully saturated rings. The predicted octanol–water partition coefficient (Wildman–Crippen LogP) is 2.91. The Morgan fingerprint density at radius 3 is 2.41 bits per heavy atom. The van der Waals surface area contributed by atoms with Crippen LogP contribution in [0.5, 0.6) is 0 Å². The number of para-hydroxylation sites is 2. The summed E-state index contributed by atoms with van der Waals surface area (Å²) >= 11 is 0. The molecule has 1 atom stereocenters. The SMILES string of the molecule is O=c1[nH]c2ccccc2n1C1CCN(CC2CCCCCCC2)CC1(CO)CO. The van der Waals surface area contributed by atoms with Crippen LogP contribution in [0.25, 0.3) is 11.0 Å². The second-order valence-electron chi connectivity index (χ2n) is 9.25. The first-order valence-corrected chi connectivity index (χ1v) is 11.3. The summed E-state index contributed by atoms with van der Waals surface area (Å²) in [6.07, 6.45) is 10.0. The minimum atomic E-state index is -0.714. The number of likely N-dealkylation sites (tertiary alicyclic amines) is 1. The van der Waals surface area contributed by atoms with Crippen molar-refractivity contribution in [2.75, 3.05) is 32.8 Å². The number of imidazole rings is 1. The van der Waals surface area contributed by atoms with Crippen LogP contribution in [0.2, 0.25) is 0 Å². The van der Waals surface area contributed by atoms with Gasteiger partial charge < -0.3 is 20.1 Å². The van der Waals surface area contributed by atoms with E-state index < -0.39 is 5.41 Å². The van der Waals surface area contributed by atoms with Crippen molar-refractivity contribution < 1.29 is 10.2 Å². The number of hydrogen-bond acceptors (Lipinski definition) is 4. The van der Waals surface area contributed by atoms with Crippen LogP contribution >= 0.6 is 0 Å². The molecule has 1 unspecified atom stereocenters. The van der Waals surface area contributed by atoms with Gasteiger partial charge in [0, 0.05) is 19.6 Å². The molecule has 0 amide bonds. The molecule has 3 N–H and O–H groups in total. The molecule has 6 heteroatoms. The average molecular weight is 402 g/mol. The van der Waals surface area contributed by atoms with Crippen LogP contribution in [-0.2, 0) is 0 Å². The van der Waals surface area contributed by atoms with E-state index in [0.29, 0.717) is 12.5 Å². The van der Waals surface area contributed by atoms with E-state index in [-0.39, 0.29) is 24.9 Å². The molecule has 0 bridgehead atoms. The van der Waals surface area contributed by atoms with Crippen LogP contribution in [-0.4, -0.2) is 57.5 Å². The van der Waals surface area contributed by atoms with E-state index in [2.05, 4.69) is 9.88 Å². The Bertz CT molecular complexity index is 846. The van der Waals surface area contributed by atoms with Crippen molar-refractivity contribution in [3.8, 4) is 0 Å². The van der Waals surface area contributed by atoms with Gasteiger partial charge in [0.25, 0.3) is 0 Å². The zero-order chi connectivity index (χ0) is 20.3. The lowest BCUT2D eigenvalue weighted by atomic mass is 9.76. The maximum atomic E-state index is 12.8. The summed E-state index contributed by atoms with van der Waals surface area (Å²) in [7, 11) is 0. The Hall–Kier alpha value is -1.63. The van der Waals surface area contributed by atoms with E-state index in [1.807, 2.05) is 24.3 Å². The first kappa shape index (κ1) is 20.6. The molecule has 4 rings (SSSR count). The van der Waals surface area contributed by atoms with Crippen LogP contribution < -0.4 is 5.69 Å². The third-order valence-electron chi connectivity index (χ3n) is 7.27. The van der Waals surface area contributed by atoms with Crippen molar-refractivity contribution in [3.05, 3.63) is 34.7 Å². The largest absolute Gasteiger partial charge is 0.396 e. The van der Waals surface area contributed by atoms with Gasteiger partial charge in [-0.15, -0.1) is 0 Å². The van der Waals surface area contributed by atoms with Gasteiger partial charge in [-0.25, -0.2) is 4.79 Å². The van der Waals surface area contributed by atoms with Crippen LogP contribution in [0.1, 0.15) is 57.4 Å². The van der Waals surface area contributed by atoms with Crippen LogP contribution in [0, 0.1) is 11.3 Å². The van der Waals surface area contributed by atoms with Crippen LogP contribution in [0.15, 0.2) is 29.1 Å². The molecule has 29 heavy (non-hydrogen) atoms. The maximum Gasteiger partial charge on any atom is 0.326 e. The number of aromatic amines is 1. The van der Waals surface area contributed by atoms with Crippen molar-refractivity contribution in [1.29, 1.82) is 0 Å². The van der Waals surface area contributed by atoms with Gasteiger partial charge in [-0.05, 0) is 37.3 Å². The summed E-state index contributed by atoms with van der Waals surface area (Å²) in [5.41, 5.74) is 0.784. The molecule has 2 aromatic rings. The summed E-state index contributed by atoms with van der Waals surface area (Å²) in [6, 6.07) is 7.46. The molecule has 0 spiro atoms. The predicted molar refractivity (Wildman–Crippen MR) is 115 cm³/mol. The van der Waals surface area contributed by atoms with E-state index in [0.717, 1.165) is 30.5 Å². The van der Waals surface area contributed by atoms with Gasteiger partial charge in [-0.1, -0.05) is 44.2 Å². The standard InChI is InChI=1S/C23H35N3O3/c27-16-23(17-28)15-25(14-18-8-4-2-1-3-5-9-18)13-12-21(23)26-20-11-7-6-10-19(20)24-22(26)29/h6-7,10-11,18,21,27-28H,1-5,8-9,12-17H2,(H,24,29). The normalized spacial score (nSPS) is 24.4. The highest BCUT2D eigenvalue weighted by Gasteiger charge is 2.45. The Balaban J connectivity index is 1.56. The molecule has 160 valence electrons. The third-order valence-corrected chi connectivity index (χ3v) is 7.27. The molecule has 2 heterocycles. The minimum absolute atomic E-state index is 0.124. The summed E-state index contributed by atoms with van der Waals surface area (Å²) in [5.74, 6) is 0.706. The lowest BCUT2D eigenvalue weighted by molar-refractivity contribution is -0.0528. The number of H-pyrrole nitrogens is 1. The molecule has 1 aromatic heterocycles. The van der Waals surface area contributed by atoms with Gasteiger partial charge in [0.1, 0.15) is 0 Å². The van der Waals surface area contributed by atoms with Gasteiger partial charge in [-0.3, -0.25) is 4.57 Å². The monoisotopic (exact) mass is 401 g/mol. The highest BCUT2D eigenvalue weighted by Crippen LogP contribution is 2.40. The molecule has 1 aliphatic carbocycles. The van der Waals surface area contributed by atoms with E-state index in [9.17, 15) is 15.0 Å². The molecule has 1 saturated carbocycles. The smallest absolute Gasteiger partial charge is 0.326 e. The fraction of sp³-hybridized carbons (Fsp3) is 0.696. The lowest BCUT2D eigenvalue weighted by Crippen LogP contribution is -2.55. The Labute approximate surface area is 172 Å². The topological polar surface area (TPSA) is 81.5 Å². The summed E-state index contributed by atoms with van der Waals surface area (Å²) < 4.78 is 1.77. The lowest BCUT2D eigenvalue weighted by Gasteiger charge is -2.47. The Morgan fingerprint density at radius 1 is 1.00 bits per heavy atom. The van der Waals surface area contributed by atoms with Crippen molar-refractivity contribution in [3.63, 3.8) is 0 Å². The number of fused-ring (bicyclic) bond motifs is 1. The zero-order valence-corrected chi connectivity index (χ0v) is 17.4.